The fraction of sp³-hybridized carbons (Fsp3) is 0.556. The van der Waals surface area contributed by atoms with Crippen LogP contribution in [0.2, 0.25) is 0 Å². The summed E-state index contributed by atoms with van der Waals surface area (Å²) < 4.78 is 0. The molecular formula is C18H29N3O2. The summed E-state index contributed by atoms with van der Waals surface area (Å²) in [7, 11) is 0. The van der Waals surface area contributed by atoms with Gasteiger partial charge in [0.2, 0.25) is 5.91 Å². The molecule has 4 N–H and O–H groups in total. The molecule has 0 spiro atoms. The Labute approximate surface area is 139 Å². The molecule has 1 rings (SSSR count). The summed E-state index contributed by atoms with van der Waals surface area (Å²) in [5, 5.41) is 5.72. The van der Waals surface area contributed by atoms with Crippen molar-refractivity contribution >= 4 is 11.8 Å². The van der Waals surface area contributed by atoms with Gasteiger partial charge in [-0.05, 0) is 30.0 Å². The highest BCUT2D eigenvalue weighted by molar-refractivity contribution is 5.94. The molecule has 2 atom stereocenters. The van der Waals surface area contributed by atoms with Crippen molar-refractivity contribution in [2.75, 3.05) is 6.54 Å². The fourth-order valence-corrected chi connectivity index (χ4v) is 2.07. The van der Waals surface area contributed by atoms with Crippen LogP contribution in [0.25, 0.3) is 0 Å². The highest BCUT2D eigenvalue weighted by Crippen LogP contribution is 2.07. The topological polar surface area (TPSA) is 84.2 Å². The van der Waals surface area contributed by atoms with Crippen molar-refractivity contribution in [2.45, 2.75) is 52.6 Å². The van der Waals surface area contributed by atoms with Crippen LogP contribution >= 0.6 is 0 Å². The van der Waals surface area contributed by atoms with Gasteiger partial charge in [-0.1, -0.05) is 45.7 Å². The van der Waals surface area contributed by atoms with E-state index < -0.39 is 6.04 Å². The summed E-state index contributed by atoms with van der Waals surface area (Å²) in [4.78, 5) is 23.8. The zero-order chi connectivity index (χ0) is 17.2. The Morgan fingerprint density at radius 2 is 1.78 bits per heavy atom. The van der Waals surface area contributed by atoms with Gasteiger partial charge in [-0.2, -0.15) is 0 Å². The summed E-state index contributed by atoms with van der Waals surface area (Å²) in [6, 6.07) is 6.77. The highest BCUT2D eigenvalue weighted by Gasteiger charge is 2.18. The zero-order valence-electron chi connectivity index (χ0n) is 14.4. The first-order chi connectivity index (χ1) is 11.0. The number of nitrogens with one attached hydrogen (secondary N) is 2. The normalized spacial score (nSPS) is 13.2. The van der Waals surface area contributed by atoms with Crippen LogP contribution in [0.4, 0.5) is 0 Å². The van der Waals surface area contributed by atoms with Gasteiger partial charge >= 0.3 is 0 Å². The summed E-state index contributed by atoms with van der Waals surface area (Å²) in [5.41, 5.74) is 7.47. The summed E-state index contributed by atoms with van der Waals surface area (Å²) in [6.07, 6.45) is 2.90. The van der Waals surface area contributed by atoms with Gasteiger partial charge in [0.15, 0.2) is 0 Å². The predicted molar refractivity (Wildman–Crippen MR) is 93.0 cm³/mol. The molecule has 1 aromatic carbocycles. The molecule has 1 aromatic rings. The fourth-order valence-electron chi connectivity index (χ4n) is 2.07. The average Bonchev–Trinajstić information content (AvgIpc) is 2.58. The van der Waals surface area contributed by atoms with Crippen LogP contribution in [0, 0.1) is 5.92 Å². The summed E-state index contributed by atoms with van der Waals surface area (Å²) in [6.45, 7) is 7.18. The predicted octanol–water partition coefficient (Wildman–Crippen LogP) is 2.21. The number of hydrogen-bond acceptors (Lipinski definition) is 3. The number of hydrogen-bond donors (Lipinski definition) is 3. The number of amides is 2. The van der Waals surface area contributed by atoms with Crippen molar-refractivity contribution in [1.29, 1.82) is 0 Å². The Morgan fingerprint density at radius 1 is 1.13 bits per heavy atom. The van der Waals surface area contributed by atoms with Gasteiger partial charge in [0.25, 0.3) is 5.91 Å². The molecule has 0 saturated carbocycles. The van der Waals surface area contributed by atoms with E-state index in [4.69, 9.17) is 5.73 Å². The van der Waals surface area contributed by atoms with Crippen LogP contribution in [0.3, 0.4) is 0 Å². The van der Waals surface area contributed by atoms with Crippen molar-refractivity contribution in [3.8, 4) is 0 Å². The Morgan fingerprint density at radius 3 is 2.35 bits per heavy atom. The molecule has 0 saturated heterocycles. The third-order valence-corrected chi connectivity index (χ3v) is 4.06. The number of unbranched alkanes of at least 4 members (excludes halogenated alkanes) is 1. The van der Waals surface area contributed by atoms with Crippen LogP contribution < -0.4 is 16.4 Å². The average molecular weight is 319 g/mol. The lowest BCUT2D eigenvalue weighted by atomic mass is 9.99. The molecule has 0 aliphatic rings. The van der Waals surface area contributed by atoms with Crippen molar-refractivity contribution in [1.82, 2.24) is 10.6 Å². The molecule has 5 heteroatoms. The minimum absolute atomic E-state index is 0.0622. The third-order valence-electron chi connectivity index (χ3n) is 4.06. The number of carbonyl (C=O) groups is 2. The maximum Gasteiger partial charge on any atom is 0.251 e. The molecule has 23 heavy (non-hydrogen) atoms. The maximum atomic E-state index is 11.9. The Balaban J connectivity index is 2.48. The van der Waals surface area contributed by atoms with Crippen molar-refractivity contribution in [2.24, 2.45) is 11.7 Å². The maximum absolute atomic E-state index is 11.9. The molecule has 0 heterocycles. The van der Waals surface area contributed by atoms with Gasteiger partial charge in [-0.3, -0.25) is 9.59 Å². The minimum atomic E-state index is -0.483. The third kappa shape index (κ3) is 6.40. The monoisotopic (exact) mass is 319 g/mol. The molecule has 128 valence electrons. The second-order valence-electron chi connectivity index (χ2n) is 5.94. The van der Waals surface area contributed by atoms with E-state index in [9.17, 15) is 9.59 Å². The second kappa shape index (κ2) is 10.0. The molecule has 2 amide bonds. The standard InChI is InChI=1S/C18H29N3O2/c1-4-6-11-20-17(22)15-9-7-14(8-10-15)12-21-18(23)16(19)13(3)5-2/h7-10,13,16H,4-6,11-12,19H2,1-3H3,(H,20,22)(H,21,23). The van der Waals surface area contributed by atoms with E-state index in [2.05, 4.69) is 17.6 Å². The zero-order valence-corrected chi connectivity index (χ0v) is 14.4. The van der Waals surface area contributed by atoms with E-state index in [1.807, 2.05) is 26.0 Å². The number of nitrogens with two attached hydrogens (primary N) is 1. The molecule has 0 aliphatic carbocycles. The van der Waals surface area contributed by atoms with E-state index in [-0.39, 0.29) is 17.7 Å². The first kappa shape index (κ1) is 19.2. The smallest absolute Gasteiger partial charge is 0.251 e. The molecule has 0 bridgehead atoms. The number of benzene rings is 1. The highest BCUT2D eigenvalue weighted by atomic mass is 16.2. The van der Waals surface area contributed by atoms with Crippen molar-refractivity contribution in [3.05, 3.63) is 35.4 Å². The van der Waals surface area contributed by atoms with Gasteiger partial charge in [0.05, 0.1) is 6.04 Å². The van der Waals surface area contributed by atoms with E-state index in [0.29, 0.717) is 18.7 Å². The van der Waals surface area contributed by atoms with Crippen LogP contribution in [0.1, 0.15) is 56.0 Å². The molecule has 0 fully saturated rings. The van der Waals surface area contributed by atoms with E-state index in [1.165, 1.54) is 0 Å². The molecule has 5 nitrogen and oxygen atoms in total. The first-order valence-corrected chi connectivity index (χ1v) is 8.40. The largest absolute Gasteiger partial charge is 0.352 e. The SMILES string of the molecule is CCCCNC(=O)c1ccc(CNC(=O)C(N)C(C)CC)cc1. The molecule has 0 aromatic heterocycles. The lowest BCUT2D eigenvalue weighted by Crippen LogP contribution is -2.44. The summed E-state index contributed by atoms with van der Waals surface area (Å²) in [5.74, 6) is -0.0437. The second-order valence-corrected chi connectivity index (χ2v) is 5.94. The van der Waals surface area contributed by atoms with Gasteiger partial charge in [0, 0.05) is 18.7 Å². The first-order valence-electron chi connectivity index (χ1n) is 8.40. The molecule has 2 unspecified atom stereocenters. The number of rotatable bonds is 9. The van der Waals surface area contributed by atoms with Gasteiger partial charge < -0.3 is 16.4 Å². The Bertz CT molecular complexity index is 499. The quantitative estimate of drug-likeness (QED) is 0.610. The van der Waals surface area contributed by atoms with Crippen molar-refractivity contribution < 1.29 is 9.59 Å². The minimum Gasteiger partial charge on any atom is -0.352 e. The van der Waals surface area contributed by atoms with Crippen LogP contribution in [-0.4, -0.2) is 24.4 Å². The van der Waals surface area contributed by atoms with E-state index in [1.54, 1.807) is 12.1 Å². The Kier molecular flexibility index (Phi) is 8.33. The van der Waals surface area contributed by atoms with Crippen LogP contribution in [-0.2, 0) is 11.3 Å². The van der Waals surface area contributed by atoms with Crippen LogP contribution in [0.5, 0.6) is 0 Å². The van der Waals surface area contributed by atoms with Gasteiger partial charge in [0.1, 0.15) is 0 Å². The lowest BCUT2D eigenvalue weighted by Gasteiger charge is -2.17. The van der Waals surface area contributed by atoms with Crippen molar-refractivity contribution in [3.63, 3.8) is 0 Å². The lowest BCUT2D eigenvalue weighted by molar-refractivity contribution is -0.123. The van der Waals surface area contributed by atoms with Crippen LogP contribution in [0.15, 0.2) is 24.3 Å². The molecule has 0 aliphatic heterocycles. The Hall–Kier alpha value is -1.88. The molecule has 0 radical (unpaired) electrons. The van der Waals surface area contributed by atoms with E-state index >= 15 is 0 Å². The number of carbonyl (C=O) groups excluding carboxylic acids is 2. The van der Waals surface area contributed by atoms with Gasteiger partial charge in [-0.15, -0.1) is 0 Å². The van der Waals surface area contributed by atoms with Gasteiger partial charge in [-0.25, -0.2) is 0 Å². The van der Waals surface area contributed by atoms with E-state index in [0.717, 1.165) is 24.8 Å². The summed E-state index contributed by atoms with van der Waals surface area (Å²) >= 11 is 0. The molecular weight excluding hydrogens is 290 g/mol.